The standard InChI is InChI=1S/C19H20FNO3S/c1-14-5-7-16(8-6-14)19(22)21(18-9-10-25(23,24)13-18)12-15-3-2-4-17(20)11-15/h2-8,11,18H,9-10,12-13H2,1H3. The summed E-state index contributed by atoms with van der Waals surface area (Å²) in [6, 6.07) is 12.8. The smallest absolute Gasteiger partial charge is 0.254 e. The lowest BCUT2D eigenvalue weighted by atomic mass is 10.1. The van der Waals surface area contributed by atoms with Gasteiger partial charge in [0, 0.05) is 18.2 Å². The molecule has 1 unspecified atom stereocenters. The zero-order valence-electron chi connectivity index (χ0n) is 14.0. The molecule has 1 aliphatic rings. The number of carbonyl (C=O) groups is 1. The minimum Gasteiger partial charge on any atom is -0.330 e. The number of hydrogen-bond acceptors (Lipinski definition) is 3. The summed E-state index contributed by atoms with van der Waals surface area (Å²) in [5, 5.41) is 0. The van der Waals surface area contributed by atoms with Gasteiger partial charge in [-0.2, -0.15) is 0 Å². The SMILES string of the molecule is Cc1ccc(C(=O)N(Cc2cccc(F)c2)C2CCS(=O)(=O)C2)cc1. The molecular formula is C19H20FNO3S. The van der Waals surface area contributed by atoms with Gasteiger partial charge in [-0.05, 0) is 43.2 Å². The van der Waals surface area contributed by atoms with Gasteiger partial charge < -0.3 is 4.90 Å². The zero-order chi connectivity index (χ0) is 18.0. The molecule has 2 aromatic carbocycles. The molecule has 6 heteroatoms. The number of rotatable bonds is 4. The number of amides is 1. The number of carbonyl (C=O) groups excluding carboxylic acids is 1. The number of sulfone groups is 1. The minimum atomic E-state index is -3.13. The van der Waals surface area contributed by atoms with E-state index in [4.69, 9.17) is 0 Å². The quantitative estimate of drug-likeness (QED) is 0.841. The molecule has 1 heterocycles. The molecule has 4 nitrogen and oxygen atoms in total. The molecule has 3 rings (SSSR count). The fourth-order valence-electron chi connectivity index (χ4n) is 3.08. The Labute approximate surface area is 147 Å². The molecule has 0 bridgehead atoms. The van der Waals surface area contributed by atoms with Crippen LogP contribution < -0.4 is 0 Å². The molecule has 0 aromatic heterocycles. The lowest BCUT2D eigenvalue weighted by Gasteiger charge is -2.28. The van der Waals surface area contributed by atoms with Crippen molar-refractivity contribution in [3.05, 3.63) is 71.0 Å². The average Bonchev–Trinajstić information content (AvgIpc) is 2.92. The highest BCUT2D eigenvalue weighted by molar-refractivity contribution is 7.91. The summed E-state index contributed by atoms with van der Waals surface area (Å²) in [6.45, 7) is 2.12. The van der Waals surface area contributed by atoms with Crippen LogP contribution in [0, 0.1) is 12.7 Å². The van der Waals surface area contributed by atoms with E-state index in [0.29, 0.717) is 17.5 Å². The number of nitrogens with zero attached hydrogens (tertiary/aromatic N) is 1. The maximum atomic E-state index is 13.5. The molecule has 2 aromatic rings. The second-order valence-electron chi connectivity index (χ2n) is 6.49. The number of aryl methyl sites for hydroxylation is 1. The highest BCUT2D eigenvalue weighted by atomic mass is 32.2. The van der Waals surface area contributed by atoms with Gasteiger partial charge in [0.2, 0.25) is 0 Å². The Bertz CT molecular complexity index is 878. The van der Waals surface area contributed by atoms with Gasteiger partial charge in [-0.3, -0.25) is 4.79 Å². The molecule has 1 atom stereocenters. The topological polar surface area (TPSA) is 54.5 Å². The molecule has 1 amide bonds. The summed E-state index contributed by atoms with van der Waals surface area (Å²) in [5.41, 5.74) is 2.19. The summed E-state index contributed by atoms with van der Waals surface area (Å²) in [6.07, 6.45) is 0.412. The fourth-order valence-corrected chi connectivity index (χ4v) is 4.81. The van der Waals surface area contributed by atoms with Gasteiger partial charge >= 0.3 is 0 Å². The predicted molar refractivity (Wildman–Crippen MR) is 94.5 cm³/mol. The first-order valence-corrected chi connectivity index (χ1v) is 9.99. The van der Waals surface area contributed by atoms with Crippen LogP contribution in [-0.2, 0) is 16.4 Å². The third-order valence-electron chi connectivity index (χ3n) is 4.45. The van der Waals surface area contributed by atoms with Crippen LogP contribution in [0.25, 0.3) is 0 Å². The Balaban J connectivity index is 1.91. The van der Waals surface area contributed by atoms with Crippen LogP contribution >= 0.6 is 0 Å². The average molecular weight is 361 g/mol. The van der Waals surface area contributed by atoms with Crippen molar-refractivity contribution in [1.82, 2.24) is 4.90 Å². The maximum absolute atomic E-state index is 13.5. The number of benzene rings is 2. The van der Waals surface area contributed by atoms with Gasteiger partial charge in [0.15, 0.2) is 9.84 Å². The molecule has 1 fully saturated rings. The van der Waals surface area contributed by atoms with Crippen LogP contribution in [0.5, 0.6) is 0 Å². The summed E-state index contributed by atoms with van der Waals surface area (Å²) < 4.78 is 37.2. The Morgan fingerprint density at radius 1 is 1.20 bits per heavy atom. The van der Waals surface area contributed by atoms with Gasteiger partial charge in [0.05, 0.1) is 11.5 Å². The third-order valence-corrected chi connectivity index (χ3v) is 6.20. The molecule has 132 valence electrons. The van der Waals surface area contributed by atoms with E-state index in [1.807, 2.05) is 19.1 Å². The molecule has 1 saturated heterocycles. The van der Waals surface area contributed by atoms with Gasteiger partial charge in [-0.15, -0.1) is 0 Å². The summed E-state index contributed by atoms with van der Waals surface area (Å²) in [5.74, 6) is -0.566. The third kappa shape index (κ3) is 4.25. The van der Waals surface area contributed by atoms with E-state index < -0.39 is 9.84 Å². The van der Waals surface area contributed by atoms with Gasteiger partial charge in [-0.25, -0.2) is 12.8 Å². The Morgan fingerprint density at radius 2 is 1.92 bits per heavy atom. The van der Waals surface area contributed by atoms with E-state index in [1.165, 1.54) is 12.1 Å². The Kier molecular flexibility index (Phi) is 4.90. The summed E-state index contributed by atoms with van der Waals surface area (Å²) in [4.78, 5) is 14.5. The second-order valence-corrected chi connectivity index (χ2v) is 8.71. The van der Waals surface area contributed by atoms with Gasteiger partial charge in [0.25, 0.3) is 5.91 Å². The lowest BCUT2D eigenvalue weighted by molar-refractivity contribution is 0.0680. The molecule has 0 N–H and O–H groups in total. The highest BCUT2D eigenvalue weighted by Crippen LogP contribution is 2.23. The van der Waals surface area contributed by atoms with Crippen LogP contribution in [-0.4, -0.2) is 36.8 Å². The van der Waals surface area contributed by atoms with E-state index in [0.717, 1.165) is 5.56 Å². The summed E-state index contributed by atoms with van der Waals surface area (Å²) in [7, 11) is -3.13. The van der Waals surface area contributed by atoms with Crippen molar-refractivity contribution in [2.75, 3.05) is 11.5 Å². The molecule has 0 spiro atoms. The predicted octanol–water partition coefficient (Wildman–Crippen LogP) is 2.96. The van der Waals surface area contributed by atoms with E-state index in [2.05, 4.69) is 0 Å². The van der Waals surface area contributed by atoms with E-state index in [-0.39, 0.29) is 35.8 Å². The zero-order valence-corrected chi connectivity index (χ0v) is 14.8. The molecule has 0 radical (unpaired) electrons. The van der Waals surface area contributed by atoms with Crippen molar-refractivity contribution >= 4 is 15.7 Å². The Hall–Kier alpha value is -2.21. The first-order chi connectivity index (χ1) is 11.8. The minimum absolute atomic E-state index is 0.0417. The van der Waals surface area contributed by atoms with Crippen LogP contribution in [0.3, 0.4) is 0 Å². The van der Waals surface area contributed by atoms with Crippen molar-refractivity contribution in [2.45, 2.75) is 25.9 Å². The number of hydrogen-bond donors (Lipinski definition) is 0. The lowest BCUT2D eigenvalue weighted by Crippen LogP contribution is -2.40. The van der Waals surface area contributed by atoms with Crippen molar-refractivity contribution in [2.24, 2.45) is 0 Å². The van der Waals surface area contributed by atoms with Gasteiger partial charge in [-0.1, -0.05) is 29.8 Å². The largest absolute Gasteiger partial charge is 0.330 e. The first kappa shape index (κ1) is 17.6. The van der Waals surface area contributed by atoms with Crippen LogP contribution in [0.1, 0.15) is 27.9 Å². The highest BCUT2D eigenvalue weighted by Gasteiger charge is 2.35. The first-order valence-electron chi connectivity index (χ1n) is 8.16. The molecule has 0 aliphatic carbocycles. The van der Waals surface area contributed by atoms with E-state index >= 15 is 0 Å². The van der Waals surface area contributed by atoms with Crippen LogP contribution in [0.15, 0.2) is 48.5 Å². The van der Waals surface area contributed by atoms with Crippen LogP contribution in [0.4, 0.5) is 4.39 Å². The van der Waals surface area contributed by atoms with Crippen molar-refractivity contribution in [3.63, 3.8) is 0 Å². The normalized spacial score (nSPS) is 18.9. The molecule has 0 saturated carbocycles. The molecular weight excluding hydrogens is 341 g/mol. The van der Waals surface area contributed by atoms with E-state index in [1.54, 1.807) is 29.2 Å². The second kappa shape index (κ2) is 6.96. The molecule has 25 heavy (non-hydrogen) atoms. The van der Waals surface area contributed by atoms with Crippen molar-refractivity contribution < 1.29 is 17.6 Å². The maximum Gasteiger partial charge on any atom is 0.254 e. The Morgan fingerprint density at radius 3 is 2.52 bits per heavy atom. The fraction of sp³-hybridized carbons (Fsp3) is 0.316. The van der Waals surface area contributed by atoms with Crippen LogP contribution in [0.2, 0.25) is 0 Å². The van der Waals surface area contributed by atoms with E-state index in [9.17, 15) is 17.6 Å². The molecule has 1 aliphatic heterocycles. The van der Waals surface area contributed by atoms with Crippen molar-refractivity contribution in [3.8, 4) is 0 Å². The van der Waals surface area contributed by atoms with Gasteiger partial charge in [0.1, 0.15) is 5.82 Å². The summed E-state index contributed by atoms with van der Waals surface area (Å²) >= 11 is 0. The van der Waals surface area contributed by atoms with Crippen molar-refractivity contribution in [1.29, 1.82) is 0 Å². The number of halogens is 1. The monoisotopic (exact) mass is 361 g/mol.